The Morgan fingerprint density at radius 2 is 2.11 bits per heavy atom. The van der Waals surface area contributed by atoms with E-state index in [0.717, 1.165) is 21.0 Å². The van der Waals surface area contributed by atoms with Gasteiger partial charge < -0.3 is 5.32 Å². The van der Waals surface area contributed by atoms with E-state index >= 15 is 0 Å². The Bertz CT molecular complexity index is 1030. The van der Waals surface area contributed by atoms with Crippen molar-refractivity contribution in [2.75, 3.05) is 5.75 Å². The molecule has 142 valence electrons. The fourth-order valence-corrected chi connectivity index (χ4v) is 4.75. The quantitative estimate of drug-likeness (QED) is 0.505. The zero-order valence-corrected chi connectivity index (χ0v) is 17.4. The van der Waals surface area contributed by atoms with Gasteiger partial charge in [0.05, 0.1) is 23.4 Å². The number of aryl methyl sites for hydroxylation is 2. The molecule has 0 radical (unpaired) electrons. The predicted molar refractivity (Wildman–Crippen MR) is 111 cm³/mol. The number of aromatic nitrogens is 3. The first-order valence-corrected chi connectivity index (χ1v) is 10.5. The van der Waals surface area contributed by atoms with Crippen molar-refractivity contribution in [3.8, 4) is 0 Å². The van der Waals surface area contributed by atoms with Crippen molar-refractivity contribution < 1.29 is 4.79 Å². The Labute approximate surface area is 166 Å². The molecular formula is C19H22N4O2S2. The first-order valence-electron chi connectivity index (χ1n) is 8.70. The Hall–Kier alpha value is -2.19. The lowest BCUT2D eigenvalue weighted by Gasteiger charge is -2.15. The average Bonchev–Trinajstić information content (AvgIpc) is 2.93. The highest BCUT2D eigenvalue weighted by molar-refractivity contribution is 7.99. The van der Waals surface area contributed by atoms with Crippen LogP contribution >= 0.6 is 23.1 Å². The minimum Gasteiger partial charge on any atom is -0.350 e. The molecule has 0 atom stereocenters. The van der Waals surface area contributed by atoms with Crippen molar-refractivity contribution >= 4 is 39.2 Å². The summed E-state index contributed by atoms with van der Waals surface area (Å²) < 4.78 is 1.68. The number of nitrogens with zero attached hydrogens (tertiary/aromatic N) is 3. The van der Waals surface area contributed by atoms with Gasteiger partial charge in [-0.05, 0) is 45.4 Å². The number of fused-ring (bicyclic) bond motifs is 1. The van der Waals surface area contributed by atoms with Gasteiger partial charge in [0.1, 0.15) is 4.83 Å². The number of pyridine rings is 1. The van der Waals surface area contributed by atoms with E-state index in [1.54, 1.807) is 10.8 Å². The Balaban J connectivity index is 1.78. The van der Waals surface area contributed by atoms with Crippen molar-refractivity contribution in [3.63, 3.8) is 0 Å². The van der Waals surface area contributed by atoms with Crippen LogP contribution in [-0.2, 0) is 11.3 Å². The topological polar surface area (TPSA) is 76.9 Å². The predicted octanol–water partition coefficient (Wildman–Crippen LogP) is 3.46. The van der Waals surface area contributed by atoms with Gasteiger partial charge in [-0.3, -0.25) is 19.1 Å². The number of hydrogen-bond donors (Lipinski definition) is 1. The molecule has 0 aliphatic carbocycles. The molecule has 8 heteroatoms. The molecule has 3 rings (SSSR count). The average molecular weight is 403 g/mol. The summed E-state index contributed by atoms with van der Waals surface area (Å²) in [7, 11) is 0. The van der Waals surface area contributed by atoms with Gasteiger partial charge in [-0.2, -0.15) is 0 Å². The van der Waals surface area contributed by atoms with Gasteiger partial charge in [0.15, 0.2) is 5.16 Å². The zero-order valence-electron chi connectivity index (χ0n) is 15.8. The first-order chi connectivity index (χ1) is 12.9. The fourth-order valence-electron chi connectivity index (χ4n) is 2.72. The van der Waals surface area contributed by atoms with Gasteiger partial charge in [0.2, 0.25) is 5.91 Å². The third kappa shape index (κ3) is 4.22. The van der Waals surface area contributed by atoms with Crippen molar-refractivity contribution in [1.29, 1.82) is 0 Å². The Kier molecular flexibility index (Phi) is 5.96. The molecule has 3 aromatic heterocycles. The van der Waals surface area contributed by atoms with Crippen molar-refractivity contribution in [2.45, 2.75) is 45.4 Å². The van der Waals surface area contributed by atoms with Crippen LogP contribution in [0, 0.1) is 13.8 Å². The van der Waals surface area contributed by atoms with E-state index in [0.29, 0.717) is 17.1 Å². The van der Waals surface area contributed by atoms with Crippen molar-refractivity contribution in [2.24, 2.45) is 0 Å². The zero-order chi connectivity index (χ0) is 19.6. The van der Waals surface area contributed by atoms with Crippen LogP contribution in [0.25, 0.3) is 10.2 Å². The number of amides is 1. The van der Waals surface area contributed by atoms with Crippen LogP contribution in [0.2, 0.25) is 0 Å². The maximum Gasteiger partial charge on any atom is 0.263 e. The monoisotopic (exact) mass is 402 g/mol. The second-order valence-corrected chi connectivity index (χ2v) is 8.66. The van der Waals surface area contributed by atoms with E-state index in [1.165, 1.54) is 23.1 Å². The van der Waals surface area contributed by atoms with E-state index in [2.05, 4.69) is 15.3 Å². The third-order valence-electron chi connectivity index (χ3n) is 4.24. The number of carbonyl (C=O) groups excluding carboxylic acids is 1. The molecule has 0 saturated carbocycles. The summed E-state index contributed by atoms with van der Waals surface area (Å²) in [6.45, 7) is 8.24. The Morgan fingerprint density at radius 1 is 1.33 bits per heavy atom. The van der Waals surface area contributed by atoms with E-state index in [9.17, 15) is 9.59 Å². The maximum atomic E-state index is 13.0. The van der Waals surface area contributed by atoms with Crippen LogP contribution in [0.5, 0.6) is 0 Å². The lowest BCUT2D eigenvalue weighted by molar-refractivity contribution is -0.118. The molecular weight excluding hydrogens is 380 g/mol. The van der Waals surface area contributed by atoms with E-state index < -0.39 is 0 Å². The summed E-state index contributed by atoms with van der Waals surface area (Å²) in [6.07, 6.45) is 1.70. The molecule has 0 unspecified atom stereocenters. The first kappa shape index (κ1) is 19.6. The lowest BCUT2D eigenvalue weighted by atomic mass is 10.2. The standard InChI is InChI=1S/C19H22N4O2S2/c1-11(2)23-18(25)16-12(3)13(4)27-17(16)22-19(23)26-10-15(24)21-9-14-7-5-6-8-20-14/h5-8,11H,9-10H2,1-4H3,(H,21,24). The normalized spacial score (nSPS) is 11.3. The van der Waals surface area contributed by atoms with E-state index in [-0.39, 0.29) is 23.3 Å². The summed E-state index contributed by atoms with van der Waals surface area (Å²) >= 11 is 2.81. The number of nitrogens with one attached hydrogen (secondary N) is 1. The number of thiophene rings is 1. The van der Waals surface area contributed by atoms with Crippen molar-refractivity contribution in [3.05, 3.63) is 50.9 Å². The maximum absolute atomic E-state index is 13.0. The summed E-state index contributed by atoms with van der Waals surface area (Å²) in [5.74, 6) is 0.0785. The minimum absolute atomic E-state index is 0.0340. The van der Waals surface area contributed by atoms with Gasteiger partial charge in [-0.15, -0.1) is 11.3 Å². The molecule has 27 heavy (non-hydrogen) atoms. The molecule has 0 fully saturated rings. The summed E-state index contributed by atoms with van der Waals surface area (Å²) in [4.78, 5) is 35.9. The number of hydrogen-bond acceptors (Lipinski definition) is 6. The smallest absolute Gasteiger partial charge is 0.263 e. The highest BCUT2D eigenvalue weighted by Crippen LogP contribution is 2.29. The molecule has 0 spiro atoms. The molecule has 0 bridgehead atoms. The van der Waals surface area contributed by atoms with Gasteiger partial charge >= 0.3 is 0 Å². The second-order valence-electron chi connectivity index (χ2n) is 6.51. The van der Waals surface area contributed by atoms with Gasteiger partial charge in [-0.25, -0.2) is 4.98 Å². The van der Waals surface area contributed by atoms with Crippen LogP contribution in [0.3, 0.4) is 0 Å². The van der Waals surface area contributed by atoms with Crippen LogP contribution < -0.4 is 10.9 Å². The highest BCUT2D eigenvalue weighted by atomic mass is 32.2. The minimum atomic E-state index is -0.117. The lowest BCUT2D eigenvalue weighted by Crippen LogP contribution is -2.27. The largest absolute Gasteiger partial charge is 0.350 e. The van der Waals surface area contributed by atoms with Gasteiger partial charge in [-0.1, -0.05) is 17.8 Å². The number of carbonyl (C=O) groups is 1. The van der Waals surface area contributed by atoms with Gasteiger partial charge in [0, 0.05) is 17.1 Å². The molecule has 1 amide bonds. The summed E-state index contributed by atoms with van der Waals surface area (Å²) in [5, 5.41) is 4.12. The van der Waals surface area contributed by atoms with Crippen LogP contribution in [0.15, 0.2) is 34.3 Å². The summed E-state index contributed by atoms with van der Waals surface area (Å²) in [6, 6.07) is 5.55. The molecule has 3 aromatic rings. The molecule has 0 aliphatic heterocycles. The number of thioether (sulfide) groups is 1. The molecule has 0 saturated heterocycles. The third-order valence-corrected chi connectivity index (χ3v) is 6.30. The molecule has 0 aliphatic rings. The molecule has 1 N–H and O–H groups in total. The molecule has 6 nitrogen and oxygen atoms in total. The van der Waals surface area contributed by atoms with E-state index in [1.807, 2.05) is 45.9 Å². The number of rotatable bonds is 6. The highest BCUT2D eigenvalue weighted by Gasteiger charge is 2.19. The molecule has 3 heterocycles. The van der Waals surface area contributed by atoms with Crippen LogP contribution in [0.4, 0.5) is 0 Å². The molecule has 0 aromatic carbocycles. The Morgan fingerprint density at radius 3 is 2.78 bits per heavy atom. The van der Waals surface area contributed by atoms with E-state index in [4.69, 9.17) is 0 Å². The van der Waals surface area contributed by atoms with Crippen molar-refractivity contribution in [1.82, 2.24) is 19.9 Å². The van der Waals surface area contributed by atoms with Gasteiger partial charge in [0.25, 0.3) is 5.56 Å². The van der Waals surface area contributed by atoms with Crippen LogP contribution in [0.1, 0.15) is 36.0 Å². The second kappa shape index (κ2) is 8.22. The SMILES string of the molecule is Cc1sc2nc(SCC(=O)NCc3ccccn3)n(C(C)C)c(=O)c2c1C. The summed E-state index contributed by atoms with van der Waals surface area (Å²) in [5.41, 5.74) is 1.76. The van der Waals surface area contributed by atoms with Crippen LogP contribution in [-0.4, -0.2) is 26.2 Å². The fraction of sp³-hybridized carbons (Fsp3) is 0.368.